The zero-order valence-corrected chi connectivity index (χ0v) is 16.0. The van der Waals surface area contributed by atoms with E-state index in [1.807, 2.05) is 12.1 Å². The lowest BCUT2D eigenvalue weighted by Gasteiger charge is -2.57. The summed E-state index contributed by atoms with van der Waals surface area (Å²) in [5.74, 6) is 3.59. The molecular weight excluding hydrogens is 328 g/mol. The minimum Gasteiger partial charge on any atom is -0.467 e. The first kappa shape index (κ1) is 18.0. The van der Waals surface area contributed by atoms with Crippen molar-refractivity contribution in [3.63, 3.8) is 0 Å². The summed E-state index contributed by atoms with van der Waals surface area (Å²) in [5, 5.41) is 0. The number of ether oxygens (including phenoxy) is 3. The van der Waals surface area contributed by atoms with E-state index in [1.165, 1.54) is 44.1 Å². The maximum absolute atomic E-state index is 12.0. The topological polar surface area (TPSA) is 44.8 Å². The van der Waals surface area contributed by atoms with E-state index in [9.17, 15) is 4.79 Å². The third-order valence-corrected chi connectivity index (χ3v) is 6.73. The molecule has 0 radical (unpaired) electrons. The van der Waals surface area contributed by atoms with E-state index < -0.39 is 0 Å². The number of Topliss-reactive ketones (excluding diaryl/α,β-unsaturated/α-hetero) is 1. The fourth-order valence-corrected chi connectivity index (χ4v) is 6.04. The van der Waals surface area contributed by atoms with Crippen molar-refractivity contribution < 1.29 is 19.0 Å². The Balaban J connectivity index is 1.60. The molecule has 0 heterocycles. The molecule has 1 aromatic carbocycles. The van der Waals surface area contributed by atoms with E-state index in [0.29, 0.717) is 13.2 Å². The van der Waals surface area contributed by atoms with Crippen LogP contribution < -0.4 is 4.74 Å². The summed E-state index contributed by atoms with van der Waals surface area (Å²) in [6.45, 7) is 2.96. The van der Waals surface area contributed by atoms with E-state index in [2.05, 4.69) is 6.07 Å². The lowest BCUT2D eigenvalue weighted by atomic mass is 9.48. The highest BCUT2D eigenvalue weighted by Gasteiger charge is 2.52. The smallest absolute Gasteiger partial charge is 0.189 e. The van der Waals surface area contributed by atoms with Gasteiger partial charge < -0.3 is 14.2 Å². The summed E-state index contributed by atoms with van der Waals surface area (Å²) in [6.07, 6.45) is 7.97. The van der Waals surface area contributed by atoms with Crippen LogP contribution in [-0.4, -0.2) is 32.9 Å². The molecule has 0 aliphatic heterocycles. The molecule has 1 aromatic rings. The molecule has 0 saturated heterocycles. The number of hydrogen-bond acceptors (Lipinski definition) is 4. The summed E-state index contributed by atoms with van der Waals surface area (Å²) >= 11 is 0. The second kappa shape index (κ2) is 7.32. The summed E-state index contributed by atoms with van der Waals surface area (Å²) in [6, 6.07) is 5.97. The van der Waals surface area contributed by atoms with Crippen molar-refractivity contribution in [2.75, 3.05) is 27.1 Å². The Bertz CT molecular complexity index is 631. The van der Waals surface area contributed by atoms with Gasteiger partial charge in [0, 0.05) is 18.2 Å². The maximum atomic E-state index is 12.0. The first-order valence-electron chi connectivity index (χ1n) is 9.94. The fourth-order valence-electron chi connectivity index (χ4n) is 6.04. The van der Waals surface area contributed by atoms with Crippen molar-refractivity contribution in [3.8, 4) is 5.75 Å². The minimum absolute atomic E-state index is 0.124. The van der Waals surface area contributed by atoms with Gasteiger partial charge in [-0.15, -0.1) is 0 Å². The molecule has 4 nitrogen and oxygen atoms in total. The lowest BCUT2D eigenvalue weighted by Crippen LogP contribution is -2.48. The Hall–Kier alpha value is -1.39. The van der Waals surface area contributed by atoms with E-state index in [0.717, 1.165) is 29.1 Å². The minimum atomic E-state index is 0.124. The fraction of sp³-hybridized carbons (Fsp3) is 0.682. The number of carbonyl (C=O) groups excluding carboxylic acids is 1. The third kappa shape index (κ3) is 3.41. The molecule has 4 fully saturated rings. The Kier molecular flexibility index (Phi) is 5.07. The number of benzene rings is 1. The zero-order valence-electron chi connectivity index (χ0n) is 16.0. The van der Waals surface area contributed by atoms with Gasteiger partial charge in [-0.3, -0.25) is 4.79 Å². The average molecular weight is 358 g/mol. The molecule has 4 bridgehead atoms. The number of rotatable bonds is 8. The van der Waals surface area contributed by atoms with Gasteiger partial charge in [0.05, 0.1) is 13.2 Å². The Morgan fingerprint density at radius 1 is 1.08 bits per heavy atom. The van der Waals surface area contributed by atoms with Gasteiger partial charge in [0.15, 0.2) is 12.6 Å². The van der Waals surface area contributed by atoms with Crippen LogP contribution in [0, 0.1) is 17.8 Å². The first-order chi connectivity index (χ1) is 12.6. The highest BCUT2D eigenvalue weighted by molar-refractivity contribution is 5.94. The summed E-state index contributed by atoms with van der Waals surface area (Å²) in [7, 11) is 1.66. The van der Waals surface area contributed by atoms with E-state index in [4.69, 9.17) is 14.2 Å². The standard InChI is InChI=1S/C22H30O4/c1-15(23)19-3-4-21(26-14-25-6-5-24-2)20(10-19)22-11-16-7-17(12-22)9-18(8-16)13-22/h3-4,10,16-18H,5-9,11-14H2,1-2H3. The van der Waals surface area contributed by atoms with Gasteiger partial charge >= 0.3 is 0 Å². The van der Waals surface area contributed by atoms with Crippen molar-refractivity contribution in [1.29, 1.82) is 0 Å². The largest absolute Gasteiger partial charge is 0.467 e. The Morgan fingerprint density at radius 2 is 1.73 bits per heavy atom. The number of carbonyl (C=O) groups is 1. The number of methoxy groups -OCH3 is 1. The molecule has 0 atom stereocenters. The van der Waals surface area contributed by atoms with Crippen LogP contribution in [0.15, 0.2) is 18.2 Å². The van der Waals surface area contributed by atoms with Crippen LogP contribution in [-0.2, 0) is 14.9 Å². The van der Waals surface area contributed by atoms with Crippen LogP contribution >= 0.6 is 0 Å². The molecule has 142 valence electrons. The molecule has 0 amide bonds. The van der Waals surface area contributed by atoms with Gasteiger partial charge in [-0.05, 0) is 86.8 Å². The lowest BCUT2D eigenvalue weighted by molar-refractivity contribution is -0.0189. The zero-order chi connectivity index (χ0) is 18.1. The van der Waals surface area contributed by atoms with Gasteiger partial charge in [-0.1, -0.05) is 0 Å². The Labute approximate surface area is 156 Å². The Morgan fingerprint density at radius 3 is 2.31 bits per heavy atom. The van der Waals surface area contributed by atoms with Crippen LogP contribution in [0.3, 0.4) is 0 Å². The normalized spacial score (nSPS) is 32.0. The molecule has 4 saturated carbocycles. The molecule has 0 spiro atoms. The van der Waals surface area contributed by atoms with Crippen molar-refractivity contribution in [2.45, 2.75) is 50.9 Å². The van der Waals surface area contributed by atoms with Crippen LogP contribution in [0.25, 0.3) is 0 Å². The summed E-state index contributed by atoms with van der Waals surface area (Å²) in [4.78, 5) is 12.0. The predicted molar refractivity (Wildman–Crippen MR) is 99.6 cm³/mol. The van der Waals surface area contributed by atoms with E-state index in [1.54, 1.807) is 14.0 Å². The molecule has 0 N–H and O–H groups in total. The van der Waals surface area contributed by atoms with Crippen molar-refractivity contribution >= 4 is 5.78 Å². The van der Waals surface area contributed by atoms with Crippen LogP contribution in [0.4, 0.5) is 0 Å². The second-order valence-corrected chi connectivity index (χ2v) is 8.63. The van der Waals surface area contributed by atoms with Gasteiger partial charge in [0.25, 0.3) is 0 Å². The first-order valence-corrected chi connectivity index (χ1v) is 9.94. The molecule has 4 aliphatic carbocycles. The monoisotopic (exact) mass is 358 g/mol. The maximum Gasteiger partial charge on any atom is 0.189 e. The molecule has 4 aliphatic rings. The molecule has 0 unspecified atom stereocenters. The second-order valence-electron chi connectivity index (χ2n) is 8.63. The van der Waals surface area contributed by atoms with Gasteiger partial charge in [-0.25, -0.2) is 0 Å². The highest BCUT2D eigenvalue weighted by atomic mass is 16.7. The van der Waals surface area contributed by atoms with Crippen molar-refractivity contribution in [2.24, 2.45) is 17.8 Å². The summed E-state index contributed by atoms with van der Waals surface area (Å²) in [5.41, 5.74) is 2.24. The molecule has 5 rings (SSSR count). The van der Waals surface area contributed by atoms with E-state index >= 15 is 0 Å². The SMILES string of the molecule is COCCOCOc1ccc(C(C)=O)cc1C12CC3CC(CC(C3)C1)C2. The predicted octanol–water partition coefficient (Wildman–Crippen LogP) is 4.36. The van der Waals surface area contributed by atoms with Gasteiger partial charge in [0.1, 0.15) is 5.75 Å². The third-order valence-electron chi connectivity index (χ3n) is 6.73. The van der Waals surface area contributed by atoms with Crippen LogP contribution in [0.1, 0.15) is 61.4 Å². The van der Waals surface area contributed by atoms with Crippen LogP contribution in [0.5, 0.6) is 5.75 Å². The quantitative estimate of drug-likeness (QED) is 0.393. The average Bonchev–Trinajstić information content (AvgIpc) is 2.60. The highest BCUT2D eigenvalue weighted by Crippen LogP contribution is 2.61. The van der Waals surface area contributed by atoms with E-state index in [-0.39, 0.29) is 18.0 Å². The molecular formula is C22H30O4. The van der Waals surface area contributed by atoms with Gasteiger partial charge in [0.2, 0.25) is 0 Å². The van der Waals surface area contributed by atoms with Crippen molar-refractivity contribution in [3.05, 3.63) is 29.3 Å². The van der Waals surface area contributed by atoms with Crippen molar-refractivity contribution in [1.82, 2.24) is 0 Å². The molecule has 26 heavy (non-hydrogen) atoms. The summed E-state index contributed by atoms with van der Waals surface area (Å²) < 4.78 is 16.5. The van der Waals surface area contributed by atoms with Crippen LogP contribution in [0.2, 0.25) is 0 Å². The molecule has 4 heteroatoms. The number of ketones is 1. The number of hydrogen-bond donors (Lipinski definition) is 0. The molecule has 0 aromatic heterocycles. The van der Waals surface area contributed by atoms with Gasteiger partial charge in [-0.2, -0.15) is 0 Å².